The Morgan fingerprint density at radius 1 is 0.949 bits per heavy atom. The van der Waals surface area contributed by atoms with Crippen LogP contribution in [0.3, 0.4) is 0 Å². The van der Waals surface area contributed by atoms with Gasteiger partial charge in [-0.25, -0.2) is 14.5 Å². The van der Waals surface area contributed by atoms with E-state index in [2.05, 4.69) is 51.6 Å². The van der Waals surface area contributed by atoms with Crippen LogP contribution in [0.15, 0.2) is 102 Å². The molecule has 1 atom stereocenters. The second kappa shape index (κ2) is 9.57. The second-order valence-corrected chi connectivity index (χ2v) is 9.19. The van der Waals surface area contributed by atoms with Gasteiger partial charge >= 0.3 is 0 Å². The van der Waals surface area contributed by atoms with Crippen molar-refractivity contribution in [2.24, 2.45) is 5.16 Å². The van der Waals surface area contributed by atoms with Crippen molar-refractivity contribution in [2.75, 3.05) is 7.11 Å². The number of methoxy groups -OCH3 is 1. The summed E-state index contributed by atoms with van der Waals surface area (Å²) in [6.07, 6.45) is 3.27. The first-order valence-corrected chi connectivity index (χ1v) is 12.6. The first kappa shape index (κ1) is 22.9. The Morgan fingerprint density at radius 2 is 1.77 bits per heavy atom. The summed E-state index contributed by atoms with van der Waals surface area (Å²) in [6, 6.07) is 30.4. The maximum atomic E-state index is 6.47. The fraction of sp³-hybridized carbons (Fsp3) is 0.0968. The average Bonchev–Trinajstić information content (AvgIpc) is 3.42. The van der Waals surface area contributed by atoms with Crippen molar-refractivity contribution in [3.05, 3.63) is 125 Å². The van der Waals surface area contributed by atoms with Gasteiger partial charge in [-0.1, -0.05) is 71.9 Å². The van der Waals surface area contributed by atoms with Crippen molar-refractivity contribution in [3.63, 3.8) is 0 Å². The van der Waals surface area contributed by atoms with Crippen LogP contribution in [-0.4, -0.2) is 32.9 Å². The molecule has 7 rings (SSSR count). The van der Waals surface area contributed by atoms with E-state index in [4.69, 9.17) is 19.3 Å². The molecule has 0 saturated carbocycles. The Morgan fingerprint density at radius 3 is 2.62 bits per heavy atom. The third-order valence-corrected chi connectivity index (χ3v) is 6.86. The Bertz CT molecular complexity index is 1830. The molecule has 1 unspecified atom stereocenters. The number of oxime groups is 1. The number of hydrogen-bond acceptors (Lipinski definition) is 7. The molecule has 1 aliphatic rings. The van der Waals surface area contributed by atoms with E-state index in [0.29, 0.717) is 17.4 Å². The highest BCUT2D eigenvalue weighted by molar-refractivity contribution is 5.91. The van der Waals surface area contributed by atoms with Gasteiger partial charge in [0.1, 0.15) is 17.8 Å². The Hall–Kier alpha value is -5.24. The van der Waals surface area contributed by atoms with E-state index in [1.165, 1.54) is 0 Å². The number of ether oxygens (including phenoxy) is 2. The van der Waals surface area contributed by atoms with Crippen molar-refractivity contribution in [2.45, 2.75) is 12.5 Å². The zero-order valence-corrected chi connectivity index (χ0v) is 21.1. The average molecular weight is 514 g/mol. The number of hydrogen-bond donors (Lipinski definition) is 0. The zero-order valence-electron chi connectivity index (χ0n) is 21.1. The van der Waals surface area contributed by atoms with E-state index in [1.807, 2.05) is 54.6 Å². The molecule has 0 bridgehead atoms. The van der Waals surface area contributed by atoms with E-state index in [9.17, 15) is 0 Å². The molecule has 8 nitrogen and oxygen atoms in total. The lowest BCUT2D eigenvalue weighted by Crippen LogP contribution is -2.15. The summed E-state index contributed by atoms with van der Waals surface area (Å²) in [4.78, 5) is 15.0. The van der Waals surface area contributed by atoms with E-state index in [1.54, 1.807) is 24.2 Å². The van der Waals surface area contributed by atoms with E-state index in [0.717, 1.165) is 44.5 Å². The van der Waals surface area contributed by atoms with Crippen LogP contribution in [0.4, 0.5) is 0 Å². The molecule has 0 radical (unpaired) electrons. The van der Waals surface area contributed by atoms with Gasteiger partial charge in [0.15, 0.2) is 18.1 Å². The summed E-state index contributed by atoms with van der Waals surface area (Å²) >= 11 is 0. The maximum absolute atomic E-state index is 6.47. The molecule has 8 heteroatoms. The lowest BCUT2D eigenvalue weighted by atomic mass is 9.83. The summed E-state index contributed by atoms with van der Waals surface area (Å²) in [5.74, 6) is 2.50. The third kappa shape index (κ3) is 4.12. The molecule has 39 heavy (non-hydrogen) atoms. The number of aromatic nitrogens is 4. The van der Waals surface area contributed by atoms with Crippen LogP contribution in [0, 0.1) is 0 Å². The topological polar surface area (TPSA) is 83.1 Å². The van der Waals surface area contributed by atoms with Gasteiger partial charge in [-0.2, -0.15) is 0 Å². The Labute approximate surface area is 224 Å². The highest BCUT2D eigenvalue weighted by atomic mass is 16.6. The van der Waals surface area contributed by atoms with Gasteiger partial charge in [0, 0.05) is 16.9 Å². The summed E-state index contributed by atoms with van der Waals surface area (Å²) in [5, 5.41) is 10.8. The highest BCUT2D eigenvalue weighted by Crippen LogP contribution is 2.50. The normalized spacial score (nSPS) is 14.2. The third-order valence-electron chi connectivity index (χ3n) is 6.86. The first-order chi connectivity index (χ1) is 19.3. The summed E-state index contributed by atoms with van der Waals surface area (Å²) < 4.78 is 13.3. The van der Waals surface area contributed by atoms with Crippen LogP contribution in [0.25, 0.3) is 16.4 Å². The van der Waals surface area contributed by atoms with E-state index < -0.39 is 0 Å². The molecular formula is C31H23N5O3. The van der Waals surface area contributed by atoms with Crippen molar-refractivity contribution >= 4 is 22.6 Å². The molecule has 6 aromatic rings. The lowest BCUT2D eigenvalue weighted by molar-refractivity contribution is 0.126. The Balaban J connectivity index is 1.25. The maximum Gasteiger partial charge on any atom is 0.228 e. The zero-order chi connectivity index (χ0) is 26.2. The number of rotatable bonds is 6. The largest absolute Gasteiger partial charge is 0.497 e. The van der Waals surface area contributed by atoms with E-state index >= 15 is 0 Å². The van der Waals surface area contributed by atoms with Crippen LogP contribution in [-0.2, 0) is 11.4 Å². The minimum Gasteiger partial charge on any atom is -0.497 e. The molecule has 190 valence electrons. The number of nitrogens with zero attached hydrogens (tertiary/aromatic N) is 5. The number of fused-ring (bicyclic) bond motifs is 6. The Kier molecular flexibility index (Phi) is 5.62. The predicted molar refractivity (Wildman–Crippen MR) is 148 cm³/mol. The predicted octanol–water partition coefficient (Wildman–Crippen LogP) is 6.12. The molecule has 1 aliphatic heterocycles. The van der Waals surface area contributed by atoms with Crippen molar-refractivity contribution in [3.8, 4) is 17.4 Å². The minimum atomic E-state index is -0.128. The smallest absolute Gasteiger partial charge is 0.228 e. The summed E-state index contributed by atoms with van der Waals surface area (Å²) in [6.45, 7) is 0.112. The van der Waals surface area contributed by atoms with Gasteiger partial charge in [0.2, 0.25) is 5.88 Å². The van der Waals surface area contributed by atoms with Crippen LogP contribution in [0.5, 0.6) is 17.4 Å². The molecule has 0 aliphatic carbocycles. The van der Waals surface area contributed by atoms with Crippen LogP contribution >= 0.6 is 0 Å². The summed E-state index contributed by atoms with van der Waals surface area (Å²) in [7, 11) is 1.63. The van der Waals surface area contributed by atoms with Gasteiger partial charge in [-0.15, -0.1) is 5.10 Å². The summed E-state index contributed by atoms with van der Waals surface area (Å²) in [5.41, 5.74) is 4.62. The van der Waals surface area contributed by atoms with Crippen LogP contribution < -0.4 is 9.47 Å². The quantitative estimate of drug-likeness (QED) is 0.197. The van der Waals surface area contributed by atoms with Crippen molar-refractivity contribution < 1.29 is 14.3 Å². The molecular weight excluding hydrogens is 490 g/mol. The molecule has 0 N–H and O–H groups in total. The van der Waals surface area contributed by atoms with Gasteiger partial charge < -0.3 is 14.3 Å². The molecule has 0 fully saturated rings. The second-order valence-electron chi connectivity index (χ2n) is 9.19. The van der Waals surface area contributed by atoms with Crippen LogP contribution in [0.1, 0.15) is 34.0 Å². The molecule has 4 aromatic carbocycles. The SMILES string of the molecule is COc1ccc(C=NOCc2nc3c4c(ncn3n2)Oc2c(ccc3ccccc23)C4c2ccccc2)cc1. The van der Waals surface area contributed by atoms with Crippen LogP contribution in [0.2, 0.25) is 0 Å². The molecule has 3 heterocycles. The lowest BCUT2D eigenvalue weighted by Gasteiger charge is -2.28. The first-order valence-electron chi connectivity index (χ1n) is 12.6. The standard InChI is InChI=1S/C31H23N5O3/c1-37-23-14-11-20(12-15-23)17-33-38-18-26-34-30-28-27(22-8-3-2-4-9-22)25-16-13-21-7-5-6-10-24(21)29(25)39-31(28)32-19-36(30)35-26/h2-17,19,27H,18H2,1H3. The van der Waals surface area contributed by atoms with Crippen molar-refractivity contribution in [1.29, 1.82) is 0 Å². The van der Waals surface area contributed by atoms with Gasteiger partial charge in [-0.05, 0) is 40.8 Å². The molecule has 0 amide bonds. The van der Waals surface area contributed by atoms with E-state index in [-0.39, 0.29) is 12.5 Å². The fourth-order valence-corrected chi connectivity index (χ4v) is 5.03. The molecule has 2 aromatic heterocycles. The number of benzene rings is 4. The van der Waals surface area contributed by atoms with Crippen molar-refractivity contribution in [1.82, 2.24) is 19.6 Å². The van der Waals surface area contributed by atoms with Gasteiger partial charge in [0.25, 0.3) is 0 Å². The van der Waals surface area contributed by atoms with Gasteiger partial charge in [-0.3, -0.25) is 0 Å². The molecule has 0 saturated heterocycles. The highest BCUT2D eigenvalue weighted by Gasteiger charge is 2.34. The fourth-order valence-electron chi connectivity index (χ4n) is 5.03. The minimum absolute atomic E-state index is 0.112. The molecule has 0 spiro atoms. The monoisotopic (exact) mass is 513 g/mol. The van der Waals surface area contributed by atoms with Gasteiger partial charge in [0.05, 0.1) is 18.9 Å².